The van der Waals surface area contributed by atoms with E-state index in [1.54, 1.807) is 0 Å². The first-order valence-corrected chi connectivity index (χ1v) is 15.0. The van der Waals surface area contributed by atoms with Crippen molar-refractivity contribution in [3.63, 3.8) is 0 Å². The van der Waals surface area contributed by atoms with Crippen molar-refractivity contribution in [2.24, 2.45) is 0 Å². The van der Waals surface area contributed by atoms with E-state index < -0.39 is 0 Å². The standard InChI is InChI=1S/C36H52N2O.ClH/c1-27(2)37(28(3)4)23-21-31-19-20-36(39-26-32-15-11-9-12-16-32)35(25-31)34(33-17-13-10-14-18-33)22-24-38(29(5)6)30(7)8;/h9-20,25,27-30,34H,21-24,26H2,1-8H3;1H/t34-;/m1./s1. The minimum Gasteiger partial charge on any atom is -0.489 e. The molecule has 4 heteroatoms. The van der Waals surface area contributed by atoms with Gasteiger partial charge in [-0.2, -0.15) is 0 Å². The molecule has 0 spiro atoms. The van der Waals surface area contributed by atoms with Crippen LogP contribution >= 0.6 is 12.4 Å². The van der Waals surface area contributed by atoms with Gasteiger partial charge in [0.1, 0.15) is 12.4 Å². The second-order valence-electron chi connectivity index (χ2n) is 12.0. The minimum absolute atomic E-state index is 0. The van der Waals surface area contributed by atoms with E-state index in [1.807, 2.05) is 0 Å². The number of halogens is 1. The van der Waals surface area contributed by atoms with Gasteiger partial charge in [0.2, 0.25) is 0 Å². The van der Waals surface area contributed by atoms with Gasteiger partial charge in [0.05, 0.1) is 0 Å². The molecule has 0 N–H and O–H groups in total. The fraction of sp³-hybridized carbons (Fsp3) is 0.500. The molecule has 0 radical (unpaired) electrons. The van der Waals surface area contributed by atoms with Crippen molar-refractivity contribution >= 4 is 12.4 Å². The van der Waals surface area contributed by atoms with Gasteiger partial charge >= 0.3 is 0 Å². The smallest absolute Gasteiger partial charge is 0.123 e. The van der Waals surface area contributed by atoms with Crippen molar-refractivity contribution in [1.82, 2.24) is 9.80 Å². The van der Waals surface area contributed by atoms with Crippen LogP contribution in [-0.4, -0.2) is 47.1 Å². The summed E-state index contributed by atoms with van der Waals surface area (Å²) in [6.07, 6.45) is 2.09. The average molecular weight is 565 g/mol. The molecule has 3 nitrogen and oxygen atoms in total. The molecule has 0 saturated heterocycles. The third-order valence-corrected chi connectivity index (χ3v) is 7.88. The number of nitrogens with zero attached hydrogens (tertiary/aromatic N) is 2. The first-order valence-electron chi connectivity index (χ1n) is 15.0. The van der Waals surface area contributed by atoms with Gasteiger partial charge in [0, 0.05) is 42.2 Å². The van der Waals surface area contributed by atoms with Crippen LogP contribution in [0.3, 0.4) is 0 Å². The molecular formula is C36H53ClN2O. The number of ether oxygens (including phenoxy) is 1. The molecule has 0 bridgehead atoms. The monoisotopic (exact) mass is 564 g/mol. The number of hydrogen-bond acceptors (Lipinski definition) is 3. The molecule has 1 atom stereocenters. The molecule has 0 saturated carbocycles. The van der Waals surface area contributed by atoms with Crippen LogP contribution in [0.5, 0.6) is 5.75 Å². The van der Waals surface area contributed by atoms with Gasteiger partial charge in [0.25, 0.3) is 0 Å². The fourth-order valence-electron chi connectivity index (χ4n) is 5.84. The van der Waals surface area contributed by atoms with Gasteiger partial charge in [-0.3, -0.25) is 9.80 Å². The van der Waals surface area contributed by atoms with E-state index >= 15 is 0 Å². The molecule has 0 amide bonds. The van der Waals surface area contributed by atoms with E-state index in [-0.39, 0.29) is 18.3 Å². The molecule has 0 aliphatic rings. The van der Waals surface area contributed by atoms with E-state index in [2.05, 4.69) is 144 Å². The highest BCUT2D eigenvalue weighted by Crippen LogP contribution is 2.36. The summed E-state index contributed by atoms with van der Waals surface area (Å²) in [4.78, 5) is 5.19. The molecular weight excluding hydrogens is 512 g/mol. The van der Waals surface area contributed by atoms with Gasteiger partial charge in [-0.15, -0.1) is 12.4 Å². The molecule has 0 aromatic heterocycles. The highest BCUT2D eigenvalue weighted by atomic mass is 35.5. The summed E-state index contributed by atoms with van der Waals surface area (Å²) < 4.78 is 6.56. The molecule has 0 aliphatic heterocycles. The summed E-state index contributed by atoms with van der Waals surface area (Å²) in [5.41, 5.74) is 5.24. The van der Waals surface area contributed by atoms with Crippen molar-refractivity contribution in [3.05, 3.63) is 101 Å². The molecule has 0 unspecified atom stereocenters. The SMILES string of the molecule is CC(C)N(CCc1ccc(OCc2ccccc2)c([C@H](CCN(C(C)C)C(C)C)c2ccccc2)c1)C(C)C.Cl. The number of rotatable bonds is 15. The second kappa shape index (κ2) is 16.8. The lowest BCUT2D eigenvalue weighted by molar-refractivity contribution is 0.170. The minimum atomic E-state index is 0. The topological polar surface area (TPSA) is 15.7 Å². The van der Waals surface area contributed by atoms with Crippen molar-refractivity contribution in [2.45, 2.75) is 105 Å². The molecule has 0 aliphatic carbocycles. The predicted octanol–water partition coefficient (Wildman–Crippen LogP) is 8.99. The summed E-state index contributed by atoms with van der Waals surface area (Å²) in [5, 5.41) is 0. The van der Waals surface area contributed by atoms with Crippen LogP contribution in [0.2, 0.25) is 0 Å². The number of hydrogen-bond donors (Lipinski definition) is 0. The zero-order valence-electron chi connectivity index (χ0n) is 26.1. The van der Waals surface area contributed by atoms with E-state index in [1.165, 1.54) is 22.3 Å². The summed E-state index contributed by atoms with van der Waals surface area (Å²) in [6.45, 7) is 21.1. The maximum absolute atomic E-state index is 6.56. The first kappa shape index (κ1) is 33.9. The Morgan fingerprint density at radius 2 is 1.12 bits per heavy atom. The maximum Gasteiger partial charge on any atom is 0.123 e. The Kier molecular flexibility index (Phi) is 14.2. The lowest BCUT2D eigenvalue weighted by Gasteiger charge is -2.33. The van der Waals surface area contributed by atoms with Gasteiger partial charge in [-0.05, 0) is 97.5 Å². The average Bonchev–Trinajstić information content (AvgIpc) is 2.90. The van der Waals surface area contributed by atoms with E-state index in [4.69, 9.17) is 4.74 Å². The van der Waals surface area contributed by atoms with Crippen LogP contribution < -0.4 is 4.74 Å². The summed E-state index contributed by atoms with van der Waals surface area (Å²) in [6, 6.07) is 30.6. The first-order chi connectivity index (χ1) is 18.7. The van der Waals surface area contributed by atoms with Gasteiger partial charge in [-0.1, -0.05) is 72.8 Å². The maximum atomic E-state index is 6.56. The highest BCUT2D eigenvalue weighted by molar-refractivity contribution is 5.85. The van der Waals surface area contributed by atoms with Crippen molar-refractivity contribution in [3.8, 4) is 5.75 Å². The van der Waals surface area contributed by atoms with Crippen molar-refractivity contribution < 1.29 is 4.74 Å². The molecule has 40 heavy (non-hydrogen) atoms. The summed E-state index contributed by atoms with van der Waals surface area (Å²) in [7, 11) is 0. The molecule has 3 rings (SSSR count). The zero-order valence-corrected chi connectivity index (χ0v) is 27.0. The molecule has 0 fully saturated rings. The van der Waals surface area contributed by atoms with E-state index in [0.29, 0.717) is 30.8 Å². The van der Waals surface area contributed by atoms with Gasteiger partial charge < -0.3 is 4.74 Å². The zero-order chi connectivity index (χ0) is 28.4. The molecule has 220 valence electrons. The van der Waals surface area contributed by atoms with Crippen LogP contribution in [0.25, 0.3) is 0 Å². The largest absolute Gasteiger partial charge is 0.489 e. The number of benzene rings is 3. The predicted molar refractivity (Wildman–Crippen MR) is 175 cm³/mol. The lowest BCUT2D eigenvalue weighted by Crippen LogP contribution is -2.38. The second-order valence-corrected chi connectivity index (χ2v) is 12.0. The Bertz CT molecular complexity index is 1080. The highest BCUT2D eigenvalue weighted by Gasteiger charge is 2.23. The fourth-order valence-corrected chi connectivity index (χ4v) is 5.84. The Balaban J connectivity index is 0.00000560. The molecule has 3 aromatic rings. The van der Waals surface area contributed by atoms with E-state index in [0.717, 1.165) is 31.7 Å². The summed E-state index contributed by atoms with van der Waals surface area (Å²) >= 11 is 0. The van der Waals surface area contributed by atoms with Crippen molar-refractivity contribution in [1.29, 1.82) is 0 Å². The normalized spacial score (nSPS) is 12.6. The van der Waals surface area contributed by atoms with E-state index in [9.17, 15) is 0 Å². The van der Waals surface area contributed by atoms with Gasteiger partial charge in [-0.25, -0.2) is 0 Å². The van der Waals surface area contributed by atoms with Gasteiger partial charge in [0.15, 0.2) is 0 Å². The third kappa shape index (κ3) is 9.94. The quantitative estimate of drug-likeness (QED) is 0.183. The Hall–Kier alpha value is -2.33. The third-order valence-electron chi connectivity index (χ3n) is 7.88. The van der Waals surface area contributed by atoms with Crippen LogP contribution in [0.15, 0.2) is 78.9 Å². The summed E-state index contributed by atoms with van der Waals surface area (Å²) in [5.74, 6) is 1.27. The Labute approximate surface area is 251 Å². The van der Waals surface area contributed by atoms with Crippen LogP contribution in [0.1, 0.15) is 90.0 Å². The van der Waals surface area contributed by atoms with Crippen molar-refractivity contribution in [2.75, 3.05) is 13.1 Å². The Morgan fingerprint density at radius 1 is 0.600 bits per heavy atom. The Morgan fingerprint density at radius 3 is 1.68 bits per heavy atom. The van der Waals surface area contributed by atoms with Crippen LogP contribution in [0, 0.1) is 0 Å². The lowest BCUT2D eigenvalue weighted by atomic mass is 9.86. The van der Waals surface area contributed by atoms with Crippen LogP contribution in [0.4, 0.5) is 0 Å². The molecule has 0 heterocycles. The van der Waals surface area contributed by atoms with Crippen LogP contribution in [-0.2, 0) is 13.0 Å². The molecule has 3 aromatic carbocycles.